The molecule has 12 heavy (non-hydrogen) atoms. The number of nitrogens with one attached hydrogen (secondary N) is 1. The zero-order valence-corrected chi connectivity index (χ0v) is 7.09. The largest absolute Gasteiger partial charge is 0.496 e. The first-order valence-corrected chi connectivity index (χ1v) is 3.79. The van der Waals surface area contributed by atoms with E-state index in [4.69, 9.17) is 4.74 Å². The summed E-state index contributed by atoms with van der Waals surface area (Å²) in [5, 5.41) is 1.07. The summed E-state index contributed by atoms with van der Waals surface area (Å²) < 4.78 is 5.21. The lowest BCUT2D eigenvalue weighted by atomic mass is 10.2. The average Bonchev–Trinajstić information content (AvgIpc) is 2.48. The topological polar surface area (TPSA) is 37.9 Å². The molecular weight excluding hydrogens is 152 g/mol. The van der Waals surface area contributed by atoms with Crippen LogP contribution in [0.5, 0.6) is 5.75 Å². The van der Waals surface area contributed by atoms with Crippen molar-refractivity contribution in [3.8, 4) is 5.75 Å². The molecule has 0 aliphatic heterocycles. The van der Waals surface area contributed by atoms with E-state index in [1.165, 1.54) is 0 Å². The van der Waals surface area contributed by atoms with E-state index in [1.54, 1.807) is 13.3 Å². The molecule has 0 atom stereocenters. The van der Waals surface area contributed by atoms with Crippen molar-refractivity contribution >= 4 is 11.0 Å². The minimum absolute atomic E-state index is 0.874. The SMILES string of the molecule is COc1ccnc2[nH]cc(C)c12. The van der Waals surface area contributed by atoms with Gasteiger partial charge in [0, 0.05) is 12.4 Å². The summed E-state index contributed by atoms with van der Waals surface area (Å²) in [5.74, 6) is 0.874. The standard InChI is InChI=1S/C9H10N2O/c1-6-5-11-9-8(6)7(12-2)3-4-10-9/h3-5H,1-2H3,(H,10,11). The number of aromatic nitrogens is 2. The van der Waals surface area contributed by atoms with Crippen LogP contribution < -0.4 is 4.74 Å². The lowest BCUT2D eigenvalue weighted by molar-refractivity contribution is 0.419. The Morgan fingerprint density at radius 2 is 2.33 bits per heavy atom. The molecule has 2 rings (SSSR count). The predicted octanol–water partition coefficient (Wildman–Crippen LogP) is 1.88. The number of ether oxygens (including phenoxy) is 1. The van der Waals surface area contributed by atoms with Crippen molar-refractivity contribution in [3.05, 3.63) is 24.0 Å². The van der Waals surface area contributed by atoms with Crippen LogP contribution in [0, 0.1) is 6.92 Å². The van der Waals surface area contributed by atoms with Gasteiger partial charge in [0.2, 0.25) is 0 Å². The summed E-state index contributed by atoms with van der Waals surface area (Å²) in [7, 11) is 1.67. The smallest absolute Gasteiger partial charge is 0.141 e. The molecule has 62 valence electrons. The Morgan fingerprint density at radius 3 is 3.08 bits per heavy atom. The van der Waals surface area contributed by atoms with Gasteiger partial charge in [0.15, 0.2) is 0 Å². The van der Waals surface area contributed by atoms with Crippen LogP contribution >= 0.6 is 0 Å². The Labute approximate surface area is 70.4 Å². The Morgan fingerprint density at radius 1 is 1.50 bits per heavy atom. The molecule has 0 aliphatic rings. The third-order valence-corrected chi connectivity index (χ3v) is 1.95. The summed E-state index contributed by atoms with van der Waals surface area (Å²) in [5.41, 5.74) is 2.04. The summed E-state index contributed by atoms with van der Waals surface area (Å²) in [4.78, 5) is 7.25. The van der Waals surface area contributed by atoms with Gasteiger partial charge >= 0.3 is 0 Å². The van der Waals surface area contributed by atoms with Crippen molar-refractivity contribution in [2.45, 2.75) is 6.92 Å². The van der Waals surface area contributed by atoms with Gasteiger partial charge < -0.3 is 9.72 Å². The Hall–Kier alpha value is -1.51. The number of methoxy groups -OCH3 is 1. The normalized spacial score (nSPS) is 10.5. The van der Waals surface area contributed by atoms with Crippen LogP contribution in [0.15, 0.2) is 18.5 Å². The molecule has 0 aliphatic carbocycles. The molecule has 0 spiro atoms. The van der Waals surface area contributed by atoms with Crippen molar-refractivity contribution in [3.63, 3.8) is 0 Å². The van der Waals surface area contributed by atoms with E-state index in [0.29, 0.717) is 0 Å². The molecule has 2 aromatic rings. The maximum atomic E-state index is 5.21. The van der Waals surface area contributed by atoms with E-state index < -0.39 is 0 Å². The van der Waals surface area contributed by atoms with Gasteiger partial charge in [0.25, 0.3) is 0 Å². The first kappa shape index (κ1) is 7.16. The van der Waals surface area contributed by atoms with Crippen LogP contribution in [0.4, 0.5) is 0 Å². The van der Waals surface area contributed by atoms with Gasteiger partial charge in [0.05, 0.1) is 12.5 Å². The van der Waals surface area contributed by atoms with Crippen molar-refractivity contribution in [2.75, 3.05) is 7.11 Å². The number of pyridine rings is 1. The Balaban J connectivity index is 2.84. The number of rotatable bonds is 1. The van der Waals surface area contributed by atoms with Gasteiger partial charge in [0.1, 0.15) is 11.4 Å². The number of fused-ring (bicyclic) bond motifs is 1. The molecule has 2 heterocycles. The van der Waals surface area contributed by atoms with E-state index in [1.807, 2.05) is 19.2 Å². The van der Waals surface area contributed by atoms with E-state index >= 15 is 0 Å². The van der Waals surface area contributed by atoms with E-state index in [2.05, 4.69) is 9.97 Å². The summed E-state index contributed by atoms with van der Waals surface area (Å²) in [6.45, 7) is 2.03. The molecule has 0 amide bonds. The second-order valence-electron chi connectivity index (χ2n) is 2.71. The van der Waals surface area contributed by atoms with Crippen molar-refractivity contribution in [1.82, 2.24) is 9.97 Å². The van der Waals surface area contributed by atoms with E-state index in [0.717, 1.165) is 22.3 Å². The highest BCUT2D eigenvalue weighted by Gasteiger charge is 2.05. The van der Waals surface area contributed by atoms with Crippen LogP contribution in [0.1, 0.15) is 5.56 Å². The second kappa shape index (κ2) is 2.52. The molecule has 0 radical (unpaired) electrons. The molecule has 0 aromatic carbocycles. The van der Waals surface area contributed by atoms with E-state index in [-0.39, 0.29) is 0 Å². The molecule has 1 N–H and O–H groups in total. The zero-order chi connectivity index (χ0) is 8.55. The van der Waals surface area contributed by atoms with Gasteiger partial charge in [-0.2, -0.15) is 0 Å². The fourth-order valence-corrected chi connectivity index (χ4v) is 1.35. The zero-order valence-electron chi connectivity index (χ0n) is 7.09. The minimum Gasteiger partial charge on any atom is -0.496 e. The summed E-state index contributed by atoms with van der Waals surface area (Å²) >= 11 is 0. The van der Waals surface area contributed by atoms with Crippen LogP contribution in [0.25, 0.3) is 11.0 Å². The average molecular weight is 162 g/mol. The second-order valence-corrected chi connectivity index (χ2v) is 2.71. The Kier molecular flexibility index (Phi) is 1.50. The number of aryl methyl sites for hydroxylation is 1. The molecule has 0 bridgehead atoms. The first-order chi connectivity index (χ1) is 5.83. The molecule has 0 saturated carbocycles. The third-order valence-electron chi connectivity index (χ3n) is 1.95. The first-order valence-electron chi connectivity index (χ1n) is 3.79. The van der Waals surface area contributed by atoms with Crippen molar-refractivity contribution in [2.24, 2.45) is 0 Å². The highest BCUT2D eigenvalue weighted by Crippen LogP contribution is 2.25. The van der Waals surface area contributed by atoms with Crippen LogP contribution in [0.3, 0.4) is 0 Å². The molecule has 3 heteroatoms. The highest BCUT2D eigenvalue weighted by molar-refractivity contribution is 5.85. The highest BCUT2D eigenvalue weighted by atomic mass is 16.5. The molecular formula is C9H10N2O. The maximum absolute atomic E-state index is 5.21. The minimum atomic E-state index is 0.874. The molecule has 0 unspecified atom stereocenters. The lowest BCUT2D eigenvalue weighted by Crippen LogP contribution is -1.85. The van der Waals surface area contributed by atoms with Crippen LogP contribution in [-0.4, -0.2) is 17.1 Å². The van der Waals surface area contributed by atoms with Crippen LogP contribution in [-0.2, 0) is 0 Å². The summed E-state index contributed by atoms with van der Waals surface area (Å²) in [6.07, 6.45) is 3.66. The molecule has 2 aromatic heterocycles. The third kappa shape index (κ3) is 0.863. The predicted molar refractivity (Wildman–Crippen MR) is 47.4 cm³/mol. The fraction of sp³-hybridized carbons (Fsp3) is 0.222. The number of hydrogen-bond donors (Lipinski definition) is 1. The fourth-order valence-electron chi connectivity index (χ4n) is 1.35. The Bertz CT molecular complexity index is 406. The maximum Gasteiger partial charge on any atom is 0.141 e. The van der Waals surface area contributed by atoms with Crippen LogP contribution in [0.2, 0.25) is 0 Å². The monoisotopic (exact) mass is 162 g/mol. The number of hydrogen-bond acceptors (Lipinski definition) is 2. The quantitative estimate of drug-likeness (QED) is 0.695. The van der Waals surface area contributed by atoms with E-state index in [9.17, 15) is 0 Å². The van der Waals surface area contributed by atoms with Gasteiger partial charge in [-0.25, -0.2) is 4.98 Å². The molecule has 0 saturated heterocycles. The van der Waals surface area contributed by atoms with Gasteiger partial charge in [-0.1, -0.05) is 0 Å². The van der Waals surface area contributed by atoms with Gasteiger partial charge in [-0.15, -0.1) is 0 Å². The summed E-state index contributed by atoms with van der Waals surface area (Å²) in [6, 6.07) is 1.86. The molecule has 3 nitrogen and oxygen atoms in total. The lowest BCUT2D eigenvalue weighted by Gasteiger charge is -2.00. The number of nitrogens with zero attached hydrogens (tertiary/aromatic N) is 1. The van der Waals surface area contributed by atoms with Crippen molar-refractivity contribution < 1.29 is 4.74 Å². The van der Waals surface area contributed by atoms with Gasteiger partial charge in [-0.3, -0.25) is 0 Å². The van der Waals surface area contributed by atoms with Gasteiger partial charge in [-0.05, 0) is 18.6 Å². The number of aromatic amines is 1. The molecule has 0 fully saturated rings. The number of H-pyrrole nitrogens is 1. The van der Waals surface area contributed by atoms with Crippen molar-refractivity contribution in [1.29, 1.82) is 0 Å².